The molecule has 2 rings (SSSR count). The largest absolute Gasteiger partial charge is 0.362 e. The average Bonchev–Trinajstić information content (AvgIpc) is 3.05. The van der Waals surface area contributed by atoms with Crippen molar-refractivity contribution in [3.05, 3.63) is 24.4 Å². The van der Waals surface area contributed by atoms with Gasteiger partial charge in [-0.2, -0.15) is 0 Å². The molecule has 164 valence electrons. The highest BCUT2D eigenvalue weighted by Gasteiger charge is 2.32. The van der Waals surface area contributed by atoms with Crippen molar-refractivity contribution in [3.63, 3.8) is 0 Å². The van der Waals surface area contributed by atoms with Crippen LogP contribution in [0.2, 0.25) is 0 Å². The molecule has 0 aliphatic carbocycles. The fourth-order valence-corrected chi connectivity index (χ4v) is 4.14. The summed E-state index contributed by atoms with van der Waals surface area (Å²) in [4.78, 5) is 55.1. The Morgan fingerprint density at radius 2 is 2.00 bits per heavy atom. The first-order valence-electron chi connectivity index (χ1n) is 9.36. The third-order valence-corrected chi connectivity index (χ3v) is 6.05. The van der Waals surface area contributed by atoms with Crippen LogP contribution in [-0.4, -0.2) is 58.9 Å². The molecular weight excluding hydrogens is 432 g/mol. The van der Waals surface area contributed by atoms with Crippen molar-refractivity contribution >= 4 is 45.3 Å². The molecule has 3 amide bonds. The predicted molar refractivity (Wildman–Crippen MR) is 111 cm³/mol. The second-order valence-electron chi connectivity index (χ2n) is 6.17. The molecule has 0 radical (unpaired) electrons. The first kappa shape index (κ1) is 24.1. The van der Waals surface area contributed by atoms with Crippen LogP contribution in [0, 0.1) is 0 Å². The van der Waals surface area contributed by atoms with Gasteiger partial charge in [0.05, 0.1) is 13.0 Å². The lowest BCUT2D eigenvalue weighted by molar-refractivity contribution is -0.197. The van der Waals surface area contributed by atoms with Crippen molar-refractivity contribution in [1.29, 1.82) is 0 Å². The van der Waals surface area contributed by atoms with Crippen LogP contribution in [0.4, 0.5) is 0 Å². The van der Waals surface area contributed by atoms with Gasteiger partial charge < -0.3 is 20.6 Å². The number of pyridine rings is 1. The fourth-order valence-electron chi connectivity index (χ4n) is 2.27. The smallest absolute Gasteiger partial charge is 0.333 e. The van der Waals surface area contributed by atoms with E-state index in [4.69, 9.17) is 15.3 Å². The van der Waals surface area contributed by atoms with Gasteiger partial charge in [0, 0.05) is 37.8 Å². The van der Waals surface area contributed by atoms with Crippen LogP contribution < -0.4 is 11.1 Å². The van der Waals surface area contributed by atoms with Gasteiger partial charge in [-0.05, 0) is 29.3 Å². The van der Waals surface area contributed by atoms with Crippen molar-refractivity contribution < 1.29 is 28.8 Å². The summed E-state index contributed by atoms with van der Waals surface area (Å²) in [5.74, 6) is -1.23. The molecule has 0 saturated carbocycles. The van der Waals surface area contributed by atoms with E-state index in [2.05, 4.69) is 10.3 Å². The minimum absolute atomic E-state index is 0.0439. The Balaban J connectivity index is 1.46. The lowest BCUT2D eigenvalue weighted by Gasteiger charge is -2.15. The van der Waals surface area contributed by atoms with Crippen LogP contribution in [0.1, 0.15) is 32.1 Å². The summed E-state index contributed by atoms with van der Waals surface area (Å²) in [7, 11) is 3.07. The van der Waals surface area contributed by atoms with E-state index in [1.807, 2.05) is 18.2 Å². The summed E-state index contributed by atoms with van der Waals surface area (Å²) in [5, 5.41) is 4.12. The normalized spacial score (nSPS) is 14.6. The highest BCUT2D eigenvalue weighted by molar-refractivity contribution is 8.76. The Hall–Kier alpha value is -2.15. The molecule has 3 N–H and O–H groups in total. The van der Waals surface area contributed by atoms with Crippen molar-refractivity contribution in [2.45, 2.75) is 43.4 Å². The van der Waals surface area contributed by atoms with Crippen molar-refractivity contribution in [2.75, 3.05) is 18.9 Å². The third-order valence-electron chi connectivity index (χ3n) is 3.78. The number of nitrogens with zero attached hydrogens (tertiary/aromatic N) is 2. The van der Waals surface area contributed by atoms with Crippen LogP contribution in [0.5, 0.6) is 0 Å². The second-order valence-corrected chi connectivity index (χ2v) is 8.60. The first-order chi connectivity index (χ1) is 14.5. The summed E-state index contributed by atoms with van der Waals surface area (Å²) in [6.45, 7) is 0.493. The standard InChI is InChI=1S/C18H24N4O6S2/c19-13(4-7-18(26)28-22-16(24)5-6-17(22)25)27-11-10-20-14(23)8-12-29-30-15-3-1-2-9-21-15/h1-3,9,13H,4-8,10-12,19H2,(H,20,23). The van der Waals surface area contributed by atoms with Gasteiger partial charge in [-0.3, -0.25) is 14.4 Å². The van der Waals surface area contributed by atoms with Crippen molar-refractivity contribution in [2.24, 2.45) is 5.73 Å². The van der Waals surface area contributed by atoms with E-state index < -0.39 is 24.0 Å². The number of hydrogen-bond donors (Lipinski definition) is 2. The zero-order valence-corrected chi connectivity index (χ0v) is 17.9. The number of ether oxygens (including phenoxy) is 1. The molecule has 1 atom stereocenters. The van der Waals surface area contributed by atoms with E-state index in [1.54, 1.807) is 17.0 Å². The topological polar surface area (TPSA) is 141 Å². The number of nitrogens with two attached hydrogens (primary N) is 1. The van der Waals surface area contributed by atoms with E-state index >= 15 is 0 Å². The summed E-state index contributed by atoms with van der Waals surface area (Å²) >= 11 is 0. The van der Waals surface area contributed by atoms with Gasteiger partial charge in [0.25, 0.3) is 11.8 Å². The van der Waals surface area contributed by atoms with Gasteiger partial charge in [-0.25, -0.2) is 9.78 Å². The summed E-state index contributed by atoms with van der Waals surface area (Å²) in [5.41, 5.74) is 5.75. The number of nitrogens with one attached hydrogen (secondary N) is 1. The highest BCUT2D eigenvalue weighted by atomic mass is 33.1. The average molecular weight is 457 g/mol. The molecule has 1 aliphatic heterocycles. The maximum Gasteiger partial charge on any atom is 0.333 e. The predicted octanol–water partition coefficient (Wildman–Crippen LogP) is 1.02. The molecule has 0 spiro atoms. The molecule has 1 fully saturated rings. The molecule has 1 aromatic rings. The van der Waals surface area contributed by atoms with E-state index in [1.165, 1.54) is 10.8 Å². The SMILES string of the molecule is NC(CCC(=O)ON1C(=O)CCC1=O)OCCNC(=O)CCSSc1ccccn1. The number of amides is 3. The van der Waals surface area contributed by atoms with Crippen LogP contribution in [0.3, 0.4) is 0 Å². The number of hydrogen-bond acceptors (Lipinski definition) is 10. The summed E-state index contributed by atoms with van der Waals surface area (Å²) < 4.78 is 5.33. The van der Waals surface area contributed by atoms with E-state index in [0.29, 0.717) is 23.8 Å². The van der Waals surface area contributed by atoms with Gasteiger partial charge in [0.1, 0.15) is 11.3 Å². The fraction of sp³-hybridized carbons (Fsp3) is 0.500. The molecule has 0 aromatic carbocycles. The molecule has 10 nitrogen and oxygen atoms in total. The van der Waals surface area contributed by atoms with Gasteiger partial charge in [-0.1, -0.05) is 16.9 Å². The molecule has 30 heavy (non-hydrogen) atoms. The molecule has 0 bridgehead atoms. The minimum atomic E-state index is -0.732. The summed E-state index contributed by atoms with van der Waals surface area (Å²) in [6.07, 6.45) is 1.50. The lowest BCUT2D eigenvalue weighted by Crippen LogP contribution is -2.34. The van der Waals surface area contributed by atoms with E-state index in [9.17, 15) is 19.2 Å². The Morgan fingerprint density at radius 3 is 2.70 bits per heavy atom. The van der Waals surface area contributed by atoms with Crippen LogP contribution in [0.25, 0.3) is 0 Å². The van der Waals surface area contributed by atoms with Gasteiger partial charge in [-0.15, -0.1) is 5.06 Å². The molecule has 1 aliphatic rings. The van der Waals surface area contributed by atoms with Crippen molar-refractivity contribution in [1.82, 2.24) is 15.4 Å². The van der Waals surface area contributed by atoms with Gasteiger partial charge in [0.15, 0.2) is 0 Å². The maximum absolute atomic E-state index is 11.8. The number of hydroxylamine groups is 2. The monoisotopic (exact) mass is 456 g/mol. The highest BCUT2D eigenvalue weighted by Crippen LogP contribution is 2.29. The number of carbonyl (C=O) groups is 4. The summed E-state index contributed by atoms with van der Waals surface area (Å²) in [6, 6.07) is 5.66. The molecule has 1 aromatic heterocycles. The lowest BCUT2D eigenvalue weighted by atomic mass is 10.3. The molecule has 12 heteroatoms. The number of aromatic nitrogens is 1. The molecular formula is C18H24N4O6S2. The minimum Gasteiger partial charge on any atom is -0.362 e. The van der Waals surface area contributed by atoms with Crippen molar-refractivity contribution in [3.8, 4) is 0 Å². The third kappa shape index (κ3) is 9.11. The molecule has 1 unspecified atom stereocenters. The van der Waals surface area contributed by atoms with Crippen LogP contribution >= 0.6 is 21.6 Å². The Labute approximate surface area is 182 Å². The number of imide groups is 1. The number of carbonyl (C=O) groups excluding carboxylic acids is 4. The maximum atomic E-state index is 11.8. The van der Waals surface area contributed by atoms with E-state index in [-0.39, 0.29) is 38.2 Å². The molecule has 1 saturated heterocycles. The Kier molecular flexibility index (Phi) is 10.6. The Morgan fingerprint density at radius 1 is 1.23 bits per heavy atom. The van der Waals surface area contributed by atoms with Gasteiger partial charge in [0.2, 0.25) is 5.91 Å². The number of rotatable bonds is 13. The van der Waals surface area contributed by atoms with Crippen LogP contribution in [-0.2, 0) is 28.8 Å². The van der Waals surface area contributed by atoms with Crippen LogP contribution in [0.15, 0.2) is 29.4 Å². The second kappa shape index (κ2) is 13.2. The van der Waals surface area contributed by atoms with Gasteiger partial charge >= 0.3 is 5.97 Å². The molecule has 2 heterocycles. The first-order valence-corrected chi connectivity index (χ1v) is 11.7. The Bertz CT molecular complexity index is 721. The zero-order chi connectivity index (χ0) is 21.8. The zero-order valence-electron chi connectivity index (χ0n) is 16.3. The van der Waals surface area contributed by atoms with E-state index in [0.717, 1.165) is 5.03 Å². The quantitative estimate of drug-likeness (QED) is 0.191.